The van der Waals surface area contributed by atoms with Crippen molar-refractivity contribution in [3.05, 3.63) is 40.2 Å². The Balaban J connectivity index is 1.94. The molecule has 0 aliphatic carbocycles. The Bertz CT molecular complexity index is 717. The molecule has 23 heavy (non-hydrogen) atoms. The third-order valence-electron chi connectivity index (χ3n) is 4.51. The van der Waals surface area contributed by atoms with Crippen LogP contribution in [0, 0.1) is 13.8 Å². The lowest BCUT2D eigenvalue weighted by atomic mass is 10.2. The number of ether oxygens (including phenoxy) is 1. The number of nitrogens with zero attached hydrogens (tertiary/aromatic N) is 3. The minimum absolute atomic E-state index is 0.00500. The first-order valence-corrected chi connectivity index (χ1v) is 7.97. The number of methoxy groups -OCH3 is 1. The lowest BCUT2D eigenvalue weighted by Crippen LogP contribution is -2.33. The van der Waals surface area contributed by atoms with Gasteiger partial charge in [0.2, 0.25) is 0 Å². The van der Waals surface area contributed by atoms with E-state index in [1.165, 1.54) is 0 Å². The van der Waals surface area contributed by atoms with Crippen molar-refractivity contribution in [1.82, 2.24) is 19.4 Å². The maximum Gasteiger partial charge on any atom is 0.271 e. The molecular weight excluding hydrogens is 316 g/mol. The van der Waals surface area contributed by atoms with Crippen molar-refractivity contribution < 1.29 is 9.53 Å². The molecule has 0 bridgehead atoms. The van der Waals surface area contributed by atoms with Crippen LogP contribution in [0.25, 0.3) is 0 Å². The van der Waals surface area contributed by atoms with E-state index in [4.69, 9.17) is 16.3 Å². The number of carbonyl (C=O) groups excluding carboxylic acids is 1. The molecule has 0 unspecified atom stereocenters. The van der Waals surface area contributed by atoms with Crippen LogP contribution in [0.3, 0.4) is 0 Å². The molecule has 3 heterocycles. The topological polar surface area (TPSA) is 63.1 Å². The van der Waals surface area contributed by atoms with E-state index in [0.717, 1.165) is 23.6 Å². The van der Waals surface area contributed by atoms with E-state index in [1.807, 2.05) is 25.8 Å². The zero-order chi connectivity index (χ0) is 16.7. The number of hydrogen-bond acceptors (Lipinski definition) is 3. The molecule has 0 aromatic carbocycles. The van der Waals surface area contributed by atoms with Gasteiger partial charge in [0.05, 0.1) is 22.9 Å². The Kier molecular flexibility index (Phi) is 4.21. The van der Waals surface area contributed by atoms with Gasteiger partial charge in [-0.15, -0.1) is 0 Å². The fraction of sp³-hybridized carbons (Fsp3) is 0.500. The molecule has 1 saturated heterocycles. The standard InChI is InChI=1S/C16H21ClN4O2/c1-9-10(2)19-15(18-9)13-6-12(23-4)8-21(13)16(22)14-5-11(17)7-20(14)3/h5,7,12-13H,6,8H2,1-4H3,(H,18,19)/t12-,13+/m1/s1. The van der Waals surface area contributed by atoms with Gasteiger partial charge in [-0.05, 0) is 19.9 Å². The number of amides is 1. The van der Waals surface area contributed by atoms with Gasteiger partial charge in [0, 0.05) is 39.0 Å². The van der Waals surface area contributed by atoms with Crippen LogP contribution in [0.4, 0.5) is 0 Å². The van der Waals surface area contributed by atoms with Gasteiger partial charge in [-0.2, -0.15) is 0 Å². The highest BCUT2D eigenvalue weighted by molar-refractivity contribution is 6.31. The third kappa shape index (κ3) is 2.88. The van der Waals surface area contributed by atoms with Crippen molar-refractivity contribution in [2.45, 2.75) is 32.4 Å². The number of aryl methyl sites for hydroxylation is 3. The van der Waals surface area contributed by atoms with Gasteiger partial charge in [-0.1, -0.05) is 11.6 Å². The second kappa shape index (κ2) is 6.02. The summed E-state index contributed by atoms with van der Waals surface area (Å²) in [6, 6.07) is 1.58. The molecular formula is C16H21ClN4O2. The number of nitrogens with one attached hydrogen (secondary N) is 1. The molecule has 2 aromatic heterocycles. The Hall–Kier alpha value is -1.79. The quantitative estimate of drug-likeness (QED) is 0.937. The lowest BCUT2D eigenvalue weighted by Gasteiger charge is -2.23. The molecule has 1 aliphatic heterocycles. The summed E-state index contributed by atoms with van der Waals surface area (Å²) in [5, 5.41) is 0.555. The first kappa shape index (κ1) is 16.1. The maximum absolute atomic E-state index is 13.0. The maximum atomic E-state index is 13.0. The molecule has 2 aromatic rings. The average Bonchev–Trinajstić information content (AvgIpc) is 3.16. The minimum atomic E-state index is -0.117. The molecule has 7 heteroatoms. The van der Waals surface area contributed by atoms with Crippen LogP contribution in [-0.2, 0) is 11.8 Å². The largest absolute Gasteiger partial charge is 0.380 e. The van der Waals surface area contributed by atoms with E-state index in [1.54, 1.807) is 23.9 Å². The number of rotatable bonds is 3. The number of aromatic nitrogens is 3. The number of aromatic amines is 1. The number of likely N-dealkylation sites (tertiary alicyclic amines) is 1. The highest BCUT2D eigenvalue weighted by atomic mass is 35.5. The fourth-order valence-electron chi connectivity index (χ4n) is 3.07. The van der Waals surface area contributed by atoms with Crippen LogP contribution < -0.4 is 0 Å². The summed E-state index contributed by atoms with van der Waals surface area (Å²) in [5.74, 6) is 0.754. The zero-order valence-corrected chi connectivity index (χ0v) is 14.5. The van der Waals surface area contributed by atoms with Gasteiger partial charge in [0.15, 0.2) is 0 Å². The van der Waals surface area contributed by atoms with E-state index in [9.17, 15) is 4.79 Å². The van der Waals surface area contributed by atoms with E-state index in [0.29, 0.717) is 17.3 Å². The van der Waals surface area contributed by atoms with Crippen molar-refractivity contribution in [3.8, 4) is 0 Å². The normalized spacial score (nSPS) is 21.2. The Morgan fingerprint density at radius 2 is 2.22 bits per heavy atom. The number of H-pyrrole nitrogens is 1. The van der Waals surface area contributed by atoms with Gasteiger partial charge in [-0.3, -0.25) is 4.79 Å². The van der Waals surface area contributed by atoms with Crippen molar-refractivity contribution in [2.75, 3.05) is 13.7 Å². The smallest absolute Gasteiger partial charge is 0.271 e. The first-order valence-electron chi connectivity index (χ1n) is 7.59. The first-order chi connectivity index (χ1) is 10.9. The second-order valence-electron chi connectivity index (χ2n) is 6.05. The van der Waals surface area contributed by atoms with Gasteiger partial charge in [0.1, 0.15) is 11.5 Å². The fourth-order valence-corrected chi connectivity index (χ4v) is 3.32. The van der Waals surface area contributed by atoms with E-state index in [-0.39, 0.29) is 18.1 Å². The number of imidazole rings is 1. The van der Waals surface area contributed by atoms with Crippen LogP contribution in [0.1, 0.15) is 40.2 Å². The molecule has 3 rings (SSSR count). The Morgan fingerprint density at radius 3 is 2.74 bits per heavy atom. The van der Waals surface area contributed by atoms with E-state index >= 15 is 0 Å². The third-order valence-corrected chi connectivity index (χ3v) is 4.72. The van der Waals surface area contributed by atoms with E-state index in [2.05, 4.69) is 9.97 Å². The van der Waals surface area contributed by atoms with Crippen LogP contribution in [0.5, 0.6) is 0 Å². The Morgan fingerprint density at radius 1 is 1.48 bits per heavy atom. The minimum Gasteiger partial charge on any atom is -0.380 e. The van der Waals surface area contributed by atoms with Gasteiger partial charge < -0.3 is 19.2 Å². The van der Waals surface area contributed by atoms with Gasteiger partial charge in [-0.25, -0.2) is 4.98 Å². The molecule has 0 radical (unpaired) electrons. The summed E-state index contributed by atoms with van der Waals surface area (Å²) in [7, 11) is 3.49. The molecule has 124 valence electrons. The summed E-state index contributed by atoms with van der Waals surface area (Å²) in [4.78, 5) is 22.7. The lowest BCUT2D eigenvalue weighted by molar-refractivity contribution is 0.0675. The molecule has 1 fully saturated rings. The molecule has 1 N–H and O–H groups in total. The van der Waals surface area contributed by atoms with Crippen LogP contribution >= 0.6 is 11.6 Å². The molecule has 0 saturated carbocycles. The summed E-state index contributed by atoms with van der Waals surface area (Å²) in [6.45, 7) is 4.49. The average molecular weight is 337 g/mol. The summed E-state index contributed by atoms with van der Waals surface area (Å²) in [6.07, 6.45) is 2.46. The molecule has 1 amide bonds. The number of halogens is 1. The summed E-state index contributed by atoms with van der Waals surface area (Å²) in [5.41, 5.74) is 2.54. The van der Waals surface area contributed by atoms with Crippen LogP contribution in [0.2, 0.25) is 5.02 Å². The Labute approximate surface area is 140 Å². The zero-order valence-electron chi connectivity index (χ0n) is 13.8. The highest BCUT2D eigenvalue weighted by Gasteiger charge is 2.39. The molecule has 6 nitrogen and oxygen atoms in total. The van der Waals surface area contributed by atoms with Crippen molar-refractivity contribution in [1.29, 1.82) is 0 Å². The van der Waals surface area contributed by atoms with Gasteiger partial charge >= 0.3 is 0 Å². The molecule has 1 aliphatic rings. The van der Waals surface area contributed by atoms with Crippen molar-refractivity contribution in [3.63, 3.8) is 0 Å². The summed E-state index contributed by atoms with van der Waals surface area (Å²) < 4.78 is 7.23. The van der Waals surface area contributed by atoms with Crippen molar-refractivity contribution in [2.24, 2.45) is 7.05 Å². The predicted molar refractivity (Wildman–Crippen MR) is 87.7 cm³/mol. The van der Waals surface area contributed by atoms with E-state index < -0.39 is 0 Å². The number of hydrogen-bond donors (Lipinski definition) is 1. The predicted octanol–water partition coefficient (Wildman–Crippen LogP) is 2.62. The van der Waals surface area contributed by atoms with Crippen LogP contribution in [0.15, 0.2) is 12.3 Å². The van der Waals surface area contributed by atoms with Crippen molar-refractivity contribution >= 4 is 17.5 Å². The highest BCUT2D eigenvalue weighted by Crippen LogP contribution is 2.34. The number of carbonyl (C=O) groups is 1. The molecule has 0 spiro atoms. The summed E-state index contributed by atoms with van der Waals surface area (Å²) >= 11 is 6.02. The molecule has 2 atom stereocenters. The van der Waals surface area contributed by atoms with Crippen LogP contribution in [-0.4, -0.2) is 45.1 Å². The monoisotopic (exact) mass is 336 g/mol. The SMILES string of the molecule is CO[C@@H]1C[C@@H](c2nc(C)c(C)[nH]2)N(C(=O)c2cc(Cl)cn2C)C1. The van der Waals surface area contributed by atoms with Gasteiger partial charge in [0.25, 0.3) is 5.91 Å². The second-order valence-corrected chi connectivity index (χ2v) is 6.49.